The van der Waals surface area contributed by atoms with Crippen molar-refractivity contribution in [2.24, 2.45) is 11.1 Å². The van der Waals surface area contributed by atoms with Gasteiger partial charge in [-0.1, -0.05) is 13.8 Å². The molecule has 0 aromatic carbocycles. The van der Waals surface area contributed by atoms with Gasteiger partial charge >= 0.3 is 5.97 Å². The first-order valence-electron chi connectivity index (χ1n) is 9.47. The minimum absolute atomic E-state index is 0.00419. The number of hydrogen-bond acceptors (Lipinski definition) is 8. The van der Waals surface area contributed by atoms with Gasteiger partial charge in [0.25, 0.3) is 0 Å². The van der Waals surface area contributed by atoms with Crippen molar-refractivity contribution in [3.63, 3.8) is 0 Å². The van der Waals surface area contributed by atoms with Crippen LogP contribution in [0, 0.1) is 5.41 Å². The molecule has 1 aliphatic heterocycles. The molecule has 0 spiro atoms. The molecule has 152 valence electrons. The third kappa shape index (κ3) is 4.02. The molecule has 8 heteroatoms. The van der Waals surface area contributed by atoms with Crippen LogP contribution >= 0.6 is 0 Å². The maximum absolute atomic E-state index is 13.1. The Balaban J connectivity index is 2.11. The van der Waals surface area contributed by atoms with E-state index < -0.39 is 11.9 Å². The molecule has 2 heterocycles. The Bertz CT molecular complexity index is 808. The van der Waals surface area contributed by atoms with Crippen molar-refractivity contribution in [2.45, 2.75) is 39.5 Å². The topological polar surface area (TPSA) is 117 Å². The zero-order valence-corrected chi connectivity index (χ0v) is 16.5. The first-order chi connectivity index (χ1) is 13.4. The van der Waals surface area contributed by atoms with Gasteiger partial charge < -0.3 is 24.9 Å². The van der Waals surface area contributed by atoms with E-state index in [1.807, 2.05) is 0 Å². The van der Waals surface area contributed by atoms with Gasteiger partial charge in [0.15, 0.2) is 12.2 Å². The number of Topliss-reactive ketones (excluding diaryl/α,β-unsaturated/α-hetero) is 1. The first-order valence-corrected chi connectivity index (χ1v) is 9.47. The predicted octanol–water partition coefficient (Wildman–Crippen LogP) is 1.80. The fourth-order valence-corrected chi connectivity index (χ4v) is 3.83. The number of nitrogens with zero attached hydrogens (tertiary/aromatic N) is 1. The highest BCUT2D eigenvalue weighted by molar-refractivity contribution is 6.04. The smallest absolute Gasteiger partial charge is 0.336 e. The van der Waals surface area contributed by atoms with Crippen molar-refractivity contribution in [1.29, 1.82) is 0 Å². The van der Waals surface area contributed by atoms with Crippen LogP contribution in [0.2, 0.25) is 0 Å². The summed E-state index contributed by atoms with van der Waals surface area (Å²) < 4.78 is 16.1. The Morgan fingerprint density at radius 3 is 2.86 bits per heavy atom. The Hall–Kier alpha value is -2.45. The summed E-state index contributed by atoms with van der Waals surface area (Å²) in [5.41, 5.74) is 8.10. The maximum atomic E-state index is 13.1. The number of carbonyl (C=O) groups excluding carboxylic acids is 2. The molecule has 1 atom stereocenters. The van der Waals surface area contributed by atoms with Crippen LogP contribution in [0.25, 0.3) is 0 Å². The molecule has 3 rings (SSSR count). The molecule has 1 unspecified atom stereocenters. The van der Waals surface area contributed by atoms with Crippen molar-refractivity contribution < 1.29 is 23.5 Å². The molecule has 3 N–H and O–H groups in total. The van der Waals surface area contributed by atoms with Crippen LogP contribution in [0.1, 0.15) is 45.2 Å². The number of esters is 1. The minimum Gasteiger partial charge on any atom is -0.463 e. The molecule has 8 nitrogen and oxygen atoms in total. The number of ketones is 1. The lowest BCUT2D eigenvalue weighted by atomic mass is 9.69. The Morgan fingerprint density at radius 2 is 2.21 bits per heavy atom. The van der Waals surface area contributed by atoms with E-state index in [-0.39, 0.29) is 24.4 Å². The fraction of sp³-hybridized carbons (Fsp3) is 0.550. The number of rotatable bonds is 7. The Morgan fingerprint density at radius 1 is 1.43 bits per heavy atom. The van der Waals surface area contributed by atoms with Crippen molar-refractivity contribution in [1.82, 2.24) is 10.3 Å². The number of nitrogens with one attached hydrogen (secondary N) is 1. The summed E-state index contributed by atoms with van der Waals surface area (Å²) in [4.78, 5) is 30.2. The van der Waals surface area contributed by atoms with E-state index in [0.717, 1.165) is 5.70 Å². The van der Waals surface area contributed by atoms with Gasteiger partial charge in [-0.05, 0) is 18.8 Å². The number of nitrogens with two attached hydrogens (primary N) is 1. The molecule has 1 aliphatic carbocycles. The largest absolute Gasteiger partial charge is 0.463 e. The number of hydrogen-bond donors (Lipinski definition) is 2. The standard InChI is InChI=1S/C20H27N3O5/c1-4-28-19(25)18-14(10-26-6-5-21)23-12-7-20(2,3)8-15(24)16(12)17(18)13-9-27-11-22-13/h9,11,17,23H,4-8,10,21H2,1-3H3. The number of carbonyl (C=O) groups is 2. The summed E-state index contributed by atoms with van der Waals surface area (Å²) in [6, 6.07) is 0. The first kappa shape index (κ1) is 20.3. The third-order valence-electron chi connectivity index (χ3n) is 4.88. The highest BCUT2D eigenvalue weighted by atomic mass is 16.5. The highest BCUT2D eigenvalue weighted by Crippen LogP contribution is 2.46. The van der Waals surface area contributed by atoms with E-state index in [1.54, 1.807) is 6.92 Å². The molecular weight excluding hydrogens is 362 g/mol. The summed E-state index contributed by atoms with van der Waals surface area (Å²) in [5, 5.41) is 3.30. The normalized spacial score (nSPS) is 21.4. The third-order valence-corrected chi connectivity index (χ3v) is 4.88. The van der Waals surface area contributed by atoms with E-state index in [4.69, 9.17) is 19.6 Å². The Labute approximate surface area is 164 Å². The van der Waals surface area contributed by atoms with Gasteiger partial charge in [0.05, 0.1) is 42.7 Å². The lowest BCUT2D eigenvalue weighted by Gasteiger charge is -2.39. The zero-order valence-electron chi connectivity index (χ0n) is 16.5. The second-order valence-corrected chi connectivity index (χ2v) is 7.76. The van der Waals surface area contributed by atoms with Crippen LogP contribution in [-0.4, -0.2) is 43.1 Å². The number of ether oxygens (including phenoxy) is 2. The Kier molecular flexibility index (Phi) is 6.00. The van der Waals surface area contributed by atoms with E-state index in [0.29, 0.717) is 48.5 Å². The van der Waals surface area contributed by atoms with Crippen LogP contribution in [0.15, 0.2) is 39.6 Å². The number of dihydropyridines is 1. The van der Waals surface area contributed by atoms with E-state index in [2.05, 4.69) is 24.1 Å². The van der Waals surface area contributed by atoms with Gasteiger partial charge in [0, 0.05) is 24.2 Å². The van der Waals surface area contributed by atoms with Crippen LogP contribution in [0.3, 0.4) is 0 Å². The van der Waals surface area contributed by atoms with Crippen molar-refractivity contribution in [3.8, 4) is 0 Å². The molecule has 0 saturated heterocycles. The van der Waals surface area contributed by atoms with Crippen LogP contribution in [-0.2, 0) is 19.1 Å². The quantitative estimate of drug-likeness (QED) is 0.536. The van der Waals surface area contributed by atoms with Gasteiger partial charge in [-0.15, -0.1) is 0 Å². The lowest BCUT2D eigenvalue weighted by molar-refractivity contribution is -0.139. The highest BCUT2D eigenvalue weighted by Gasteiger charge is 2.44. The second-order valence-electron chi connectivity index (χ2n) is 7.76. The molecule has 0 fully saturated rings. The molecule has 0 amide bonds. The molecule has 1 aromatic heterocycles. The molecule has 28 heavy (non-hydrogen) atoms. The molecule has 0 bridgehead atoms. The maximum Gasteiger partial charge on any atom is 0.336 e. The molecular formula is C20H27N3O5. The van der Waals surface area contributed by atoms with Crippen LogP contribution in [0.5, 0.6) is 0 Å². The van der Waals surface area contributed by atoms with Gasteiger partial charge in [-0.25, -0.2) is 9.78 Å². The number of oxazole rings is 1. The van der Waals surface area contributed by atoms with Crippen molar-refractivity contribution in [2.75, 3.05) is 26.4 Å². The zero-order chi connectivity index (χ0) is 20.3. The summed E-state index contributed by atoms with van der Waals surface area (Å²) in [6.07, 6.45) is 3.84. The summed E-state index contributed by atoms with van der Waals surface area (Å²) in [7, 11) is 0. The molecule has 0 saturated carbocycles. The average Bonchev–Trinajstić information content (AvgIpc) is 3.14. The van der Waals surface area contributed by atoms with E-state index in [1.165, 1.54) is 12.7 Å². The van der Waals surface area contributed by atoms with E-state index in [9.17, 15) is 9.59 Å². The van der Waals surface area contributed by atoms with Gasteiger partial charge in [0.2, 0.25) is 0 Å². The lowest BCUT2D eigenvalue weighted by Crippen LogP contribution is -2.40. The molecule has 0 radical (unpaired) electrons. The van der Waals surface area contributed by atoms with Crippen molar-refractivity contribution in [3.05, 3.63) is 40.9 Å². The van der Waals surface area contributed by atoms with Crippen LogP contribution < -0.4 is 11.1 Å². The fourth-order valence-electron chi connectivity index (χ4n) is 3.83. The minimum atomic E-state index is -0.644. The second kappa shape index (κ2) is 8.28. The summed E-state index contributed by atoms with van der Waals surface area (Å²) in [5.74, 6) is -1.15. The van der Waals surface area contributed by atoms with Crippen LogP contribution in [0.4, 0.5) is 0 Å². The predicted molar refractivity (Wildman–Crippen MR) is 101 cm³/mol. The van der Waals surface area contributed by atoms with Crippen molar-refractivity contribution >= 4 is 11.8 Å². The monoisotopic (exact) mass is 389 g/mol. The summed E-state index contributed by atoms with van der Waals surface area (Å²) >= 11 is 0. The molecule has 2 aliphatic rings. The SMILES string of the molecule is CCOC(=O)C1=C(COCCN)NC2=C(C(=O)CC(C)(C)C2)C1c1cocn1. The average molecular weight is 389 g/mol. The number of aromatic nitrogens is 1. The number of allylic oxidation sites excluding steroid dienone is 2. The summed E-state index contributed by atoms with van der Waals surface area (Å²) in [6.45, 7) is 6.94. The molecule has 1 aromatic rings. The van der Waals surface area contributed by atoms with Gasteiger partial charge in [-0.2, -0.15) is 0 Å². The van der Waals surface area contributed by atoms with Gasteiger partial charge in [0.1, 0.15) is 6.26 Å². The van der Waals surface area contributed by atoms with Gasteiger partial charge in [-0.3, -0.25) is 4.79 Å². The van der Waals surface area contributed by atoms with E-state index >= 15 is 0 Å².